The molecule has 1 heterocycles. The number of rotatable bonds is 2. The van der Waals surface area contributed by atoms with Crippen LogP contribution in [-0.2, 0) is 6.54 Å². The second-order valence-electron chi connectivity index (χ2n) is 4.01. The van der Waals surface area contributed by atoms with Gasteiger partial charge in [0.25, 0.3) is 0 Å². The molecule has 2 atom stereocenters. The van der Waals surface area contributed by atoms with Gasteiger partial charge in [0.15, 0.2) is 0 Å². The molecule has 1 aromatic rings. The van der Waals surface area contributed by atoms with E-state index in [0.717, 1.165) is 19.6 Å². The third kappa shape index (κ3) is 3.92. The van der Waals surface area contributed by atoms with Crippen molar-refractivity contribution in [3.8, 4) is 0 Å². The van der Waals surface area contributed by atoms with E-state index in [4.69, 9.17) is 11.5 Å². The van der Waals surface area contributed by atoms with Crippen molar-refractivity contribution in [2.24, 2.45) is 11.5 Å². The van der Waals surface area contributed by atoms with Crippen LogP contribution in [0.5, 0.6) is 0 Å². The lowest BCUT2D eigenvalue weighted by atomic mass is 10.2. The van der Waals surface area contributed by atoms with Crippen LogP contribution in [0.3, 0.4) is 0 Å². The molecule has 0 amide bonds. The van der Waals surface area contributed by atoms with Gasteiger partial charge in [-0.05, 0) is 5.56 Å². The Morgan fingerprint density at radius 1 is 1.00 bits per heavy atom. The number of nitrogens with zero attached hydrogens (tertiary/aromatic N) is 1. The van der Waals surface area contributed by atoms with Crippen LogP contribution in [0.15, 0.2) is 30.3 Å². The SMILES string of the molecule is Cl.Cl.N[C@@H]1CN(Cc2ccccc2)C[C@H]1N. The standard InChI is InChI=1S/C11H17N3.2ClH/c12-10-7-14(8-11(10)13)6-9-4-2-1-3-5-9;;/h1-5,10-11H,6-8,12-13H2;2*1H/t10-,11-;;/m1../s1. The molecular formula is C11H19Cl2N3. The van der Waals surface area contributed by atoms with E-state index < -0.39 is 0 Å². The molecule has 0 aliphatic carbocycles. The Morgan fingerprint density at radius 3 is 2.00 bits per heavy atom. The van der Waals surface area contributed by atoms with E-state index in [2.05, 4.69) is 29.2 Å². The molecule has 1 aromatic carbocycles. The van der Waals surface area contributed by atoms with Crippen molar-refractivity contribution in [2.75, 3.05) is 13.1 Å². The highest BCUT2D eigenvalue weighted by Gasteiger charge is 2.26. The normalized spacial score (nSPS) is 24.6. The minimum absolute atomic E-state index is 0. The van der Waals surface area contributed by atoms with E-state index in [9.17, 15) is 0 Å². The Balaban J connectivity index is 0.00000112. The summed E-state index contributed by atoms with van der Waals surface area (Å²) >= 11 is 0. The zero-order valence-electron chi connectivity index (χ0n) is 9.08. The molecule has 1 aliphatic heterocycles. The molecule has 4 N–H and O–H groups in total. The van der Waals surface area contributed by atoms with Crippen LogP contribution >= 0.6 is 24.8 Å². The van der Waals surface area contributed by atoms with Gasteiger partial charge in [0.1, 0.15) is 0 Å². The van der Waals surface area contributed by atoms with E-state index in [0.29, 0.717) is 0 Å². The summed E-state index contributed by atoms with van der Waals surface area (Å²) in [6.45, 7) is 2.79. The second kappa shape index (κ2) is 7.09. The fraction of sp³-hybridized carbons (Fsp3) is 0.455. The third-order valence-corrected chi connectivity index (χ3v) is 2.74. The van der Waals surface area contributed by atoms with Crippen molar-refractivity contribution in [3.05, 3.63) is 35.9 Å². The van der Waals surface area contributed by atoms with Crippen LogP contribution in [0.2, 0.25) is 0 Å². The maximum atomic E-state index is 5.86. The third-order valence-electron chi connectivity index (χ3n) is 2.74. The maximum absolute atomic E-state index is 5.86. The average Bonchev–Trinajstić information content (AvgIpc) is 2.47. The summed E-state index contributed by atoms with van der Waals surface area (Å²) in [6.07, 6.45) is 0. The number of halogens is 2. The highest BCUT2D eigenvalue weighted by molar-refractivity contribution is 5.85. The van der Waals surface area contributed by atoms with Crippen molar-refractivity contribution in [2.45, 2.75) is 18.6 Å². The Bertz CT molecular complexity index is 285. The van der Waals surface area contributed by atoms with Gasteiger partial charge in [-0.1, -0.05) is 30.3 Å². The van der Waals surface area contributed by atoms with Gasteiger partial charge >= 0.3 is 0 Å². The molecule has 2 rings (SSSR count). The van der Waals surface area contributed by atoms with Crippen molar-refractivity contribution in [1.29, 1.82) is 0 Å². The van der Waals surface area contributed by atoms with Gasteiger partial charge in [-0.25, -0.2) is 0 Å². The first-order valence-electron chi connectivity index (χ1n) is 5.03. The van der Waals surface area contributed by atoms with Crippen molar-refractivity contribution >= 4 is 24.8 Å². The lowest BCUT2D eigenvalue weighted by Crippen LogP contribution is -2.39. The summed E-state index contributed by atoms with van der Waals surface area (Å²) in [5, 5.41) is 0. The predicted octanol–water partition coefficient (Wildman–Crippen LogP) is 1.00. The van der Waals surface area contributed by atoms with Crippen LogP contribution in [0.1, 0.15) is 5.56 Å². The minimum Gasteiger partial charge on any atom is -0.325 e. The Morgan fingerprint density at radius 2 is 1.50 bits per heavy atom. The molecule has 5 heteroatoms. The molecule has 1 aliphatic rings. The van der Waals surface area contributed by atoms with Crippen LogP contribution < -0.4 is 11.5 Å². The van der Waals surface area contributed by atoms with Gasteiger partial charge in [0.05, 0.1) is 0 Å². The van der Waals surface area contributed by atoms with Crippen LogP contribution in [0, 0.1) is 0 Å². The fourth-order valence-electron chi connectivity index (χ4n) is 1.91. The molecule has 92 valence electrons. The zero-order valence-corrected chi connectivity index (χ0v) is 10.7. The fourth-order valence-corrected chi connectivity index (χ4v) is 1.91. The highest BCUT2D eigenvalue weighted by atomic mass is 35.5. The highest BCUT2D eigenvalue weighted by Crippen LogP contribution is 2.11. The van der Waals surface area contributed by atoms with Gasteiger partial charge in [-0.2, -0.15) is 0 Å². The number of benzene rings is 1. The number of nitrogens with two attached hydrogens (primary N) is 2. The topological polar surface area (TPSA) is 55.3 Å². The molecule has 3 nitrogen and oxygen atoms in total. The maximum Gasteiger partial charge on any atom is 0.0334 e. The Hall–Kier alpha value is -0.320. The van der Waals surface area contributed by atoms with Crippen LogP contribution in [0.4, 0.5) is 0 Å². The Kier molecular flexibility index (Phi) is 6.95. The lowest BCUT2D eigenvalue weighted by Gasteiger charge is -2.14. The molecule has 1 fully saturated rings. The molecule has 0 unspecified atom stereocenters. The smallest absolute Gasteiger partial charge is 0.0334 e. The van der Waals surface area contributed by atoms with E-state index in [1.807, 2.05) is 6.07 Å². The average molecular weight is 264 g/mol. The largest absolute Gasteiger partial charge is 0.325 e. The minimum atomic E-state index is 0. The van der Waals surface area contributed by atoms with E-state index >= 15 is 0 Å². The lowest BCUT2D eigenvalue weighted by molar-refractivity contribution is 0.324. The summed E-state index contributed by atoms with van der Waals surface area (Å²) in [5.41, 5.74) is 13.0. The quantitative estimate of drug-likeness (QED) is 0.838. The zero-order chi connectivity index (χ0) is 9.97. The predicted molar refractivity (Wildman–Crippen MR) is 72.2 cm³/mol. The Labute approximate surface area is 109 Å². The molecule has 0 saturated carbocycles. The van der Waals surface area contributed by atoms with Crippen molar-refractivity contribution < 1.29 is 0 Å². The van der Waals surface area contributed by atoms with Gasteiger partial charge in [-0.3, -0.25) is 4.90 Å². The van der Waals surface area contributed by atoms with E-state index in [1.165, 1.54) is 5.56 Å². The van der Waals surface area contributed by atoms with Crippen molar-refractivity contribution in [1.82, 2.24) is 4.90 Å². The number of hydrogen-bond acceptors (Lipinski definition) is 3. The van der Waals surface area contributed by atoms with Gasteiger partial charge in [-0.15, -0.1) is 24.8 Å². The molecular weight excluding hydrogens is 245 g/mol. The van der Waals surface area contributed by atoms with Crippen LogP contribution in [-0.4, -0.2) is 30.1 Å². The summed E-state index contributed by atoms with van der Waals surface area (Å²) < 4.78 is 0. The first-order chi connectivity index (χ1) is 6.75. The van der Waals surface area contributed by atoms with Gasteiger partial charge in [0.2, 0.25) is 0 Å². The first-order valence-corrected chi connectivity index (χ1v) is 5.03. The summed E-state index contributed by atoms with van der Waals surface area (Å²) in [5.74, 6) is 0. The second-order valence-corrected chi connectivity index (χ2v) is 4.01. The number of hydrogen-bond donors (Lipinski definition) is 2. The van der Waals surface area contributed by atoms with Crippen molar-refractivity contribution in [3.63, 3.8) is 0 Å². The molecule has 1 saturated heterocycles. The van der Waals surface area contributed by atoms with Gasteiger partial charge < -0.3 is 11.5 Å². The summed E-state index contributed by atoms with van der Waals surface area (Å²) in [7, 11) is 0. The van der Waals surface area contributed by atoms with E-state index in [-0.39, 0.29) is 36.9 Å². The summed E-state index contributed by atoms with van der Waals surface area (Å²) in [4.78, 5) is 2.31. The number of likely N-dealkylation sites (tertiary alicyclic amines) is 1. The monoisotopic (exact) mass is 263 g/mol. The molecule has 0 aromatic heterocycles. The molecule has 0 spiro atoms. The molecule has 0 bridgehead atoms. The molecule has 16 heavy (non-hydrogen) atoms. The summed E-state index contributed by atoms with van der Waals surface area (Å²) in [6, 6.07) is 10.7. The first kappa shape index (κ1) is 15.7. The van der Waals surface area contributed by atoms with E-state index in [1.54, 1.807) is 0 Å². The van der Waals surface area contributed by atoms with Gasteiger partial charge in [0, 0.05) is 31.7 Å². The van der Waals surface area contributed by atoms with Crippen LogP contribution in [0.25, 0.3) is 0 Å². The molecule has 0 radical (unpaired) electrons.